The molecule has 148 valence electrons. The van der Waals surface area contributed by atoms with Crippen molar-refractivity contribution in [3.05, 3.63) is 83.8 Å². The van der Waals surface area contributed by atoms with Crippen molar-refractivity contribution in [2.24, 2.45) is 0 Å². The Hall–Kier alpha value is -3.41. The SMILES string of the molecule is Cc1ccccc1N1CCN(c2ncccc2CNC(=O)c2cccnc2)CC1. The molecule has 4 rings (SSSR count). The normalized spacial score (nSPS) is 14.0. The molecule has 0 bridgehead atoms. The number of hydrogen-bond acceptors (Lipinski definition) is 5. The predicted octanol–water partition coefficient (Wildman–Crippen LogP) is 3.04. The Morgan fingerprint density at radius 1 is 0.966 bits per heavy atom. The highest BCUT2D eigenvalue weighted by atomic mass is 16.1. The van der Waals surface area contributed by atoms with Crippen molar-refractivity contribution in [2.75, 3.05) is 36.0 Å². The van der Waals surface area contributed by atoms with Gasteiger partial charge in [-0.15, -0.1) is 0 Å². The number of aromatic nitrogens is 2. The van der Waals surface area contributed by atoms with Gasteiger partial charge in [-0.1, -0.05) is 24.3 Å². The Kier molecular flexibility index (Phi) is 5.70. The quantitative estimate of drug-likeness (QED) is 0.729. The minimum Gasteiger partial charge on any atom is -0.368 e. The van der Waals surface area contributed by atoms with Gasteiger partial charge in [0, 0.05) is 62.6 Å². The van der Waals surface area contributed by atoms with Crippen LogP contribution in [-0.2, 0) is 6.54 Å². The molecule has 0 spiro atoms. The molecule has 0 atom stereocenters. The number of amides is 1. The summed E-state index contributed by atoms with van der Waals surface area (Å²) in [6, 6.07) is 16.0. The molecule has 0 radical (unpaired) electrons. The van der Waals surface area contributed by atoms with E-state index in [9.17, 15) is 4.79 Å². The van der Waals surface area contributed by atoms with Gasteiger partial charge in [0.25, 0.3) is 5.91 Å². The third-order valence-electron chi connectivity index (χ3n) is 5.27. The van der Waals surface area contributed by atoms with E-state index in [-0.39, 0.29) is 5.91 Å². The van der Waals surface area contributed by atoms with E-state index in [0.717, 1.165) is 37.6 Å². The fourth-order valence-corrected chi connectivity index (χ4v) is 3.71. The summed E-state index contributed by atoms with van der Waals surface area (Å²) in [4.78, 5) is 25.7. The summed E-state index contributed by atoms with van der Waals surface area (Å²) in [6.45, 7) is 6.29. The number of rotatable bonds is 5. The van der Waals surface area contributed by atoms with Gasteiger partial charge >= 0.3 is 0 Å². The fourth-order valence-electron chi connectivity index (χ4n) is 3.71. The van der Waals surface area contributed by atoms with Crippen molar-refractivity contribution < 1.29 is 4.79 Å². The maximum absolute atomic E-state index is 12.3. The topological polar surface area (TPSA) is 61.4 Å². The third-order valence-corrected chi connectivity index (χ3v) is 5.27. The standard InChI is InChI=1S/C23H25N5O/c1-18-6-2-3-9-21(18)27-12-14-28(15-13-27)22-19(7-5-11-25-22)17-26-23(29)20-8-4-10-24-16-20/h2-11,16H,12-15,17H2,1H3,(H,26,29). The second-order valence-electron chi connectivity index (χ2n) is 7.17. The summed E-state index contributed by atoms with van der Waals surface area (Å²) >= 11 is 0. The van der Waals surface area contributed by atoms with Crippen LogP contribution in [0.25, 0.3) is 0 Å². The van der Waals surface area contributed by atoms with Crippen LogP contribution in [0.5, 0.6) is 0 Å². The molecule has 1 N–H and O–H groups in total. The van der Waals surface area contributed by atoms with Crippen LogP contribution in [0, 0.1) is 6.92 Å². The van der Waals surface area contributed by atoms with Gasteiger partial charge in [0.05, 0.1) is 5.56 Å². The molecule has 0 aliphatic carbocycles. The zero-order valence-electron chi connectivity index (χ0n) is 16.6. The zero-order valence-corrected chi connectivity index (χ0v) is 16.6. The van der Waals surface area contributed by atoms with Crippen molar-refractivity contribution in [1.82, 2.24) is 15.3 Å². The summed E-state index contributed by atoms with van der Waals surface area (Å²) in [7, 11) is 0. The Bertz CT molecular complexity index is 968. The lowest BCUT2D eigenvalue weighted by atomic mass is 10.1. The highest BCUT2D eigenvalue weighted by molar-refractivity contribution is 5.93. The number of benzene rings is 1. The number of para-hydroxylation sites is 1. The van der Waals surface area contributed by atoms with Gasteiger partial charge in [-0.25, -0.2) is 4.98 Å². The van der Waals surface area contributed by atoms with E-state index in [1.165, 1.54) is 11.3 Å². The Morgan fingerprint density at radius 2 is 1.72 bits per heavy atom. The van der Waals surface area contributed by atoms with Crippen molar-refractivity contribution in [1.29, 1.82) is 0 Å². The van der Waals surface area contributed by atoms with Crippen LogP contribution in [0.1, 0.15) is 21.5 Å². The molecule has 1 aliphatic rings. The number of carbonyl (C=O) groups excluding carboxylic acids is 1. The Labute approximate surface area is 171 Å². The van der Waals surface area contributed by atoms with E-state index in [2.05, 4.69) is 56.3 Å². The minimum atomic E-state index is -0.128. The first-order valence-corrected chi connectivity index (χ1v) is 9.90. The molecular weight excluding hydrogens is 362 g/mol. The van der Waals surface area contributed by atoms with Crippen molar-refractivity contribution in [3.8, 4) is 0 Å². The predicted molar refractivity (Wildman–Crippen MR) is 115 cm³/mol. The smallest absolute Gasteiger partial charge is 0.253 e. The molecule has 0 unspecified atom stereocenters. The largest absolute Gasteiger partial charge is 0.368 e. The van der Waals surface area contributed by atoms with E-state index in [1.807, 2.05) is 18.3 Å². The van der Waals surface area contributed by atoms with E-state index in [0.29, 0.717) is 12.1 Å². The fraction of sp³-hybridized carbons (Fsp3) is 0.261. The summed E-state index contributed by atoms with van der Waals surface area (Å²) in [5.74, 6) is 0.820. The number of piperazine rings is 1. The second kappa shape index (κ2) is 8.73. The molecule has 1 aromatic carbocycles. The van der Waals surface area contributed by atoms with Crippen LogP contribution < -0.4 is 15.1 Å². The molecule has 1 fully saturated rings. The molecule has 3 aromatic rings. The molecule has 0 saturated carbocycles. The van der Waals surface area contributed by atoms with Crippen molar-refractivity contribution >= 4 is 17.4 Å². The maximum Gasteiger partial charge on any atom is 0.253 e. The minimum absolute atomic E-state index is 0.128. The lowest BCUT2D eigenvalue weighted by molar-refractivity contribution is 0.0950. The molecule has 29 heavy (non-hydrogen) atoms. The van der Waals surface area contributed by atoms with Gasteiger partial charge < -0.3 is 15.1 Å². The Balaban J connectivity index is 1.41. The first-order chi connectivity index (χ1) is 14.2. The lowest BCUT2D eigenvalue weighted by Crippen LogP contribution is -2.47. The lowest BCUT2D eigenvalue weighted by Gasteiger charge is -2.38. The molecule has 2 aromatic heterocycles. The molecular formula is C23H25N5O. The van der Waals surface area contributed by atoms with E-state index in [4.69, 9.17) is 0 Å². The second-order valence-corrected chi connectivity index (χ2v) is 7.17. The monoisotopic (exact) mass is 387 g/mol. The van der Waals surface area contributed by atoms with Crippen LogP contribution in [0.15, 0.2) is 67.1 Å². The average molecular weight is 387 g/mol. The zero-order chi connectivity index (χ0) is 20.1. The van der Waals surface area contributed by atoms with Crippen LogP contribution in [-0.4, -0.2) is 42.1 Å². The number of nitrogens with one attached hydrogen (secondary N) is 1. The summed E-state index contributed by atoms with van der Waals surface area (Å²) in [5, 5.41) is 2.98. The number of nitrogens with zero attached hydrogens (tertiary/aromatic N) is 4. The molecule has 6 heteroatoms. The average Bonchev–Trinajstić information content (AvgIpc) is 2.79. The van der Waals surface area contributed by atoms with E-state index < -0.39 is 0 Å². The third kappa shape index (κ3) is 4.37. The van der Waals surface area contributed by atoms with E-state index >= 15 is 0 Å². The van der Waals surface area contributed by atoms with Crippen LogP contribution in [0.4, 0.5) is 11.5 Å². The first kappa shape index (κ1) is 18.9. The van der Waals surface area contributed by atoms with Crippen molar-refractivity contribution in [3.63, 3.8) is 0 Å². The first-order valence-electron chi connectivity index (χ1n) is 9.90. The van der Waals surface area contributed by atoms with Gasteiger partial charge in [0.15, 0.2) is 0 Å². The van der Waals surface area contributed by atoms with E-state index in [1.54, 1.807) is 24.5 Å². The van der Waals surface area contributed by atoms with Crippen LogP contribution >= 0.6 is 0 Å². The summed E-state index contributed by atoms with van der Waals surface area (Å²) in [6.07, 6.45) is 5.05. The number of hydrogen-bond donors (Lipinski definition) is 1. The Morgan fingerprint density at radius 3 is 2.48 bits per heavy atom. The van der Waals surface area contributed by atoms with Gasteiger partial charge in [-0.3, -0.25) is 9.78 Å². The number of pyridine rings is 2. The molecule has 1 saturated heterocycles. The van der Waals surface area contributed by atoms with Gasteiger partial charge in [-0.2, -0.15) is 0 Å². The highest BCUT2D eigenvalue weighted by Gasteiger charge is 2.21. The highest BCUT2D eigenvalue weighted by Crippen LogP contribution is 2.24. The van der Waals surface area contributed by atoms with Crippen LogP contribution in [0.2, 0.25) is 0 Å². The van der Waals surface area contributed by atoms with Crippen molar-refractivity contribution in [2.45, 2.75) is 13.5 Å². The number of aryl methyl sites for hydroxylation is 1. The molecule has 6 nitrogen and oxygen atoms in total. The summed E-state index contributed by atoms with van der Waals surface area (Å²) < 4.78 is 0. The van der Waals surface area contributed by atoms with Gasteiger partial charge in [0.1, 0.15) is 5.82 Å². The molecule has 1 aliphatic heterocycles. The van der Waals surface area contributed by atoms with Gasteiger partial charge in [0.2, 0.25) is 0 Å². The summed E-state index contributed by atoms with van der Waals surface area (Å²) in [5.41, 5.74) is 4.19. The van der Waals surface area contributed by atoms with Gasteiger partial charge in [-0.05, 0) is 36.8 Å². The molecule has 3 heterocycles. The maximum atomic E-state index is 12.3. The molecule has 1 amide bonds. The number of anilines is 2. The number of carbonyl (C=O) groups is 1. The van der Waals surface area contributed by atoms with Crippen LogP contribution in [0.3, 0.4) is 0 Å².